The Bertz CT molecular complexity index is 1230. The van der Waals surface area contributed by atoms with Gasteiger partial charge in [-0.15, -0.1) is 0 Å². The smallest absolute Gasteiger partial charge is 0.187 e. The Morgan fingerprint density at radius 1 is 0.379 bits per heavy atom. The summed E-state index contributed by atoms with van der Waals surface area (Å²) in [5.74, 6) is 0. The van der Waals surface area contributed by atoms with E-state index in [9.17, 15) is 76.6 Å². The second-order valence-corrected chi connectivity index (χ2v) is 14.8. The monoisotopic (exact) mass is 854 g/mol. The van der Waals surface area contributed by atoms with E-state index in [1.54, 1.807) is 0 Å². The van der Waals surface area contributed by atoms with Gasteiger partial charge >= 0.3 is 0 Å². The first kappa shape index (κ1) is 48.0. The molecule has 5 rings (SSSR count). The van der Waals surface area contributed by atoms with Gasteiger partial charge in [0.15, 0.2) is 25.2 Å². The Labute approximate surface area is 330 Å². The van der Waals surface area contributed by atoms with E-state index in [0.29, 0.717) is 0 Å². The fraction of sp³-hybridized carbons (Fsp3) is 1.00. The van der Waals surface area contributed by atoms with Crippen LogP contribution >= 0.6 is 0 Å². The molecular formula is C33H58O25. The largest absolute Gasteiger partial charge is 0.394 e. The van der Waals surface area contributed by atoms with Crippen molar-refractivity contribution in [2.75, 3.05) is 40.1 Å². The van der Waals surface area contributed by atoms with Crippen molar-refractivity contribution >= 4 is 0 Å². The van der Waals surface area contributed by atoms with Gasteiger partial charge in [-0.1, -0.05) is 0 Å². The predicted octanol–water partition coefficient (Wildman–Crippen LogP) is -9.81. The highest BCUT2D eigenvalue weighted by Crippen LogP contribution is 2.35. The van der Waals surface area contributed by atoms with Crippen molar-refractivity contribution in [3.8, 4) is 0 Å². The molecule has 5 aliphatic heterocycles. The molecule has 340 valence electrons. The molecule has 25 atom stereocenters. The van der Waals surface area contributed by atoms with Crippen molar-refractivity contribution in [3.63, 3.8) is 0 Å². The molecule has 15 N–H and O–H groups in total. The zero-order valence-electron chi connectivity index (χ0n) is 31.5. The molecule has 5 heterocycles. The van der Waals surface area contributed by atoms with Crippen LogP contribution < -0.4 is 0 Å². The maximum atomic E-state index is 11.4. The van der Waals surface area contributed by atoms with Crippen molar-refractivity contribution in [1.29, 1.82) is 0 Å². The Hall–Kier alpha value is -1.00. The van der Waals surface area contributed by atoms with E-state index in [4.69, 9.17) is 47.4 Å². The van der Waals surface area contributed by atoms with E-state index >= 15 is 0 Å². The first-order chi connectivity index (χ1) is 27.5. The van der Waals surface area contributed by atoms with Gasteiger partial charge < -0.3 is 124 Å². The van der Waals surface area contributed by atoms with E-state index < -0.39 is 186 Å². The summed E-state index contributed by atoms with van der Waals surface area (Å²) in [6.45, 7) is -2.07. The molecule has 0 aromatic heterocycles. The van der Waals surface area contributed by atoms with Gasteiger partial charge in [-0.2, -0.15) is 0 Å². The third-order valence-corrected chi connectivity index (χ3v) is 11.1. The average Bonchev–Trinajstić information content (AvgIpc) is 3.21. The van der Waals surface area contributed by atoms with Gasteiger partial charge in [-0.05, 0) is 13.3 Å². The van der Waals surface area contributed by atoms with Crippen molar-refractivity contribution in [2.24, 2.45) is 0 Å². The number of ether oxygens (including phenoxy) is 10. The summed E-state index contributed by atoms with van der Waals surface area (Å²) in [7, 11) is 1.21. The van der Waals surface area contributed by atoms with Crippen LogP contribution in [-0.4, -0.2) is 270 Å². The SMILES string of the molecule is COC1C(CO)OC(OC2C(CO)OC(OC3C(CCOC4OC(CO)C(O)C(O)C4O)OC(OC4C(CO)OC(C)C(O)C4O)C(O)C3O)C(O)C2O)C(O)C1O. The summed E-state index contributed by atoms with van der Waals surface area (Å²) in [5.41, 5.74) is 0. The second-order valence-electron chi connectivity index (χ2n) is 14.8. The molecule has 0 radical (unpaired) electrons. The molecular weight excluding hydrogens is 796 g/mol. The lowest BCUT2D eigenvalue weighted by atomic mass is 9.94. The maximum absolute atomic E-state index is 11.4. The van der Waals surface area contributed by atoms with Crippen molar-refractivity contribution < 1.29 is 124 Å². The minimum absolute atomic E-state index is 0.357. The van der Waals surface area contributed by atoms with Crippen LogP contribution in [0.25, 0.3) is 0 Å². The minimum Gasteiger partial charge on any atom is -0.394 e. The van der Waals surface area contributed by atoms with Gasteiger partial charge in [0, 0.05) is 7.11 Å². The Kier molecular flexibility index (Phi) is 17.3. The average molecular weight is 855 g/mol. The molecule has 0 amide bonds. The third kappa shape index (κ3) is 9.94. The number of rotatable bonds is 15. The molecule has 58 heavy (non-hydrogen) atoms. The topological polar surface area (TPSA) is 396 Å². The number of aliphatic hydroxyl groups is 15. The normalized spacial score (nSPS) is 51.8. The molecule has 0 spiro atoms. The molecule has 25 heteroatoms. The number of methoxy groups -OCH3 is 1. The lowest BCUT2D eigenvalue weighted by Crippen LogP contribution is -2.67. The first-order valence-electron chi connectivity index (χ1n) is 18.8. The number of aliphatic hydroxyl groups excluding tert-OH is 15. The standard InChI is InChI=1S/C33H58O25/c1-9-15(38)18(41)28(13(7-36)51-9)57-31-24(47)20(43)27(10(52-31)3-4-50-30-22(45)17(40)16(39)11(5-34)53-30)56-33-25(48)21(44)29(14(8-37)55-33)58-32-23(46)19(42)26(49-2)12(6-35)54-32/h9-48H,3-8H2,1-2H3. The van der Waals surface area contributed by atoms with Crippen LogP contribution in [0.5, 0.6) is 0 Å². The van der Waals surface area contributed by atoms with E-state index in [0.717, 1.165) is 0 Å². The molecule has 0 aromatic rings. The first-order valence-corrected chi connectivity index (χ1v) is 18.8. The molecule has 0 aliphatic carbocycles. The minimum atomic E-state index is -2.06. The van der Waals surface area contributed by atoms with Crippen LogP contribution in [0.3, 0.4) is 0 Å². The van der Waals surface area contributed by atoms with Crippen LogP contribution in [0.1, 0.15) is 13.3 Å². The van der Waals surface area contributed by atoms with Crippen LogP contribution in [-0.2, 0) is 47.4 Å². The molecule has 5 saturated heterocycles. The second kappa shape index (κ2) is 20.9. The lowest BCUT2D eigenvalue weighted by Gasteiger charge is -2.49. The zero-order chi connectivity index (χ0) is 42.7. The Morgan fingerprint density at radius 3 is 1.21 bits per heavy atom. The summed E-state index contributed by atoms with van der Waals surface area (Å²) in [5, 5.41) is 157. The highest BCUT2D eigenvalue weighted by atomic mass is 16.8. The zero-order valence-corrected chi connectivity index (χ0v) is 31.5. The van der Waals surface area contributed by atoms with Gasteiger partial charge in [0.05, 0.1) is 45.2 Å². The molecule has 5 fully saturated rings. The summed E-state index contributed by atoms with van der Waals surface area (Å²) >= 11 is 0. The van der Waals surface area contributed by atoms with E-state index in [2.05, 4.69) is 0 Å². The fourth-order valence-corrected chi connectivity index (χ4v) is 7.62. The lowest BCUT2D eigenvalue weighted by molar-refractivity contribution is -0.385. The highest BCUT2D eigenvalue weighted by molar-refractivity contribution is 4.98. The highest BCUT2D eigenvalue weighted by Gasteiger charge is 2.55. The molecule has 25 unspecified atom stereocenters. The van der Waals surface area contributed by atoms with Crippen LogP contribution in [0.2, 0.25) is 0 Å². The van der Waals surface area contributed by atoms with E-state index in [-0.39, 0.29) is 6.42 Å². The molecule has 5 aliphatic rings. The summed E-state index contributed by atoms with van der Waals surface area (Å²) in [4.78, 5) is 0. The van der Waals surface area contributed by atoms with Gasteiger partial charge in [-0.3, -0.25) is 0 Å². The van der Waals surface area contributed by atoms with Gasteiger partial charge in [0.1, 0.15) is 116 Å². The quantitative estimate of drug-likeness (QED) is 0.0727. The van der Waals surface area contributed by atoms with Gasteiger partial charge in [0.25, 0.3) is 0 Å². The summed E-state index contributed by atoms with van der Waals surface area (Å²) in [6.07, 6.45) is -41.2. The van der Waals surface area contributed by atoms with Crippen molar-refractivity contribution in [1.82, 2.24) is 0 Å². The van der Waals surface area contributed by atoms with Crippen LogP contribution in [0, 0.1) is 0 Å². The fourth-order valence-electron chi connectivity index (χ4n) is 7.62. The summed E-state index contributed by atoms with van der Waals surface area (Å²) < 4.78 is 56.0. The third-order valence-electron chi connectivity index (χ3n) is 11.1. The van der Waals surface area contributed by atoms with Crippen molar-refractivity contribution in [3.05, 3.63) is 0 Å². The van der Waals surface area contributed by atoms with Gasteiger partial charge in [-0.25, -0.2) is 0 Å². The van der Waals surface area contributed by atoms with E-state index in [1.807, 2.05) is 0 Å². The molecule has 0 saturated carbocycles. The molecule has 0 bridgehead atoms. The van der Waals surface area contributed by atoms with Crippen LogP contribution in [0.4, 0.5) is 0 Å². The predicted molar refractivity (Wildman–Crippen MR) is 179 cm³/mol. The number of hydrogen-bond acceptors (Lipinski definition) is 25. The van der Waals surface area contributed by atoms with Crippen LogP contribution in [0.15, 0.2) is 0 Å². The van der Waals surface area contributed by atoms with Crippen molar-refractivity contribution in [2.45, 2.75) is 167 Å². The molecule has 25 nitrogen and oxygen atoms in total. The maximum Gasteiger partial charge on any atom is 0.187 e. The van der Waals surface area contributed by atoms with E-state index in [1.165, 1.54) is 14.0 Å². The Morgan fingerprint density at radius 2 is 0.741 bits per heavy atom. The molecule has 0 aromatic carbocycles. The number of hydrogen-bond donors (Lipinski definition) is 15. The Balaban J connectivity index is 1.33. The summed E-state index contributed by atoms with van der Waals surface area (Å²) in [6, 6.07) is 0. The van der Waals surface area contributed by atoms with Gasteiger partial charge in [0.2, 0.25) is 0 Å².